The number of esters is 2. The summed E-state index contributed by atoms with van der Waals surface area (Å²) >= 11 is 0. The third kappa shape index (κ3) is 8.91. The number of carbonyl (C=O) groups is 2. The van der Waals surface area contributed by atoms with E-state index in [-0.39, 0.29) is 23.3 Å². The fourth-order valence-electron chi connectivity index (χ4n) is 3.44. The number of hydrogen-bond acceptors (Lipinski definition) is 4. The van der Waals surface area contributed by atoms with Gasteiger partial charge in [-0.2, -0.15) is 13.2 Å². The van der Waals surface area contributed by atoms with Crippen LogP contribution in [0.4, 0.5) is 13.2 Å². The molecule has 4 nitrogen and oxygen atoms in total. The molecule has 2 aromatic carbocycles. The molecule has 0 aromatic heterocycles. The average molecular weight is 465 g/mol. The Morgan fingerprint density at radius 3 is 1.85 bits per heavy atom. The normalized spacial score (nSPS) is 12.2. The lowest BCUT2D eigenvalue weighted by Crippen LogP contribution is -2.27. The van der Waals surface area contributed by atoms with Gasteiger partial charge in [0.25, 0.3) is 0 Å². The van der Waals surface area contributed by atoms with Gasteiger partial charge in [0.1, 0.15) is 0 Å². The van der Waals surface area contributed by atoms with Gasteiger partial charge in [0, 0.05) is 5.56 Å². The smallest absolute Gasteiger partial charge is 0.429 e. The van der Waals surface area contributed by atoms with E-state index < -0.39 is 24.2 Å². The Balaban J connectivity index is 1.94. The highest BCUT2D eigenvalue weighted by atomic mass is 19.4. The first kappa shape index (κ1) is 26.4. The summed E-state index contributed by atoms with van der Waals surface area (Å²) < 4.78 is 50.6. The number of benzene rings is 2. The Labute approximate surface area is 193 Å². The predicted molar refractivity (Wildman–Crippen MR) is 120 cm³/mol. The van der Waals surface area contributed by atoms with Crippen molar-refractivity contribution in [2.75, 3.05) is 6.61 Å². The molecule has 0 spiro atoms. The minimum atomic E-state index is -4.80. The van der Waals surface area contributed by atoms with Crippen LogP contribution in [0.25, 0.3) is 0 Å². The van der Waals surface area contributed by atoms with Crippen molar-refractivity contribution in [2.24, 2.45) is 0 Å². The van der Waals surface area contributed by atoms with Crippen LogP contribution in [0.5, 0.6) is 0 Å². The van der Waals surface area contributed by atoms with E-state index in [4.69, 9.17) is 9.47 Å². The molecule has 0 fully saturated rings. The van der Waals surface area contributed by atoms with E-state index in [1.165, 1.54) is 74.2 Å². The quantitative estimate of drug-likeness (QED) is 0.228. The summed E-state index contributed by atoms with van der Waals surface area (Å²) in [5, 5.41) is 0. The van der Waals surface area contributed by atoms with E-state index >= 15 is 0 Å². The molecule has 1 unspecified atom stereocenters. The van der Waals surface area contributed by atoms with Gasteiger partial charge < -0.3 is 9.47 Å². The second-order valence-electron chi connectivity index (χ2n) is 7.89. The second-order valence-corrected chi connectivity index (χ2v) is 7.89. The van der Waals surface area contributed by atoms with Crippen molar-refractivity contribution in [3.8, 4) is 0 Å². The molecular weight excluding hydrogens is 433 g/mol. The molecule has 0 saturated heterocycles. The Morgan fingerprint density at radius 1 is 0.758 bits per heavy atom. The number of ether oxygens (including phenoxy) is 2. The maximum atomic E-state index is 13.5. The summed E-state index contributed by atoms with van der Waals surface area (Å²) in [7, 11) is 0. The highest BCUT2D eigenvalue weighted by Gasteiger charge is 2.44. The lowest BCUT2D eigenvalue weighted by molar-refractivity contribution is -0.207. The molecule has 1 atom stereocenters. The molecule has 0 heterocycles. The van der Waals surface area contributed by atoms with Gasteiger partial charge in [-0.1, -0.05) is 94.3 Å². The van der Waals surface area contributed by atoms with E-state index in [9.17, 15) is 22.8 Å². The number of rotatable bonds is 13. The van der Waals surface area contributed by atoms with Gasteiger partial charge in [0.2, 0.25) is 6.10 Å². The lowest BCUT2D eigenvalue weighted by atomic mass is 10.1. The van der Waals surface area contributed by atoms with Crippen LogP contribution in [-0.2, 0) is 9.47 Å². The van der Waals surface area contributed by atoms with E-state index in [0.29, 0.717) is 6.42 Å². The zero-order valence-electron chi connectivity index (χ0n) is 18.9. The molecule has 33 heavy (non-hydrogen) atoms. The van der Waals surface area contributed by atoms with Crippen LogP contribution in [0.3, 0.4) is 0 Å². The molecule has 0 saturated carbocycles. The van der Waals surface area contributed by atoms with Crippen LogP contribution in [0.15, 0.2) is 54.6 Å². The lowest BCUT2D eigenvalue weighted by Gasteiger charge is -2.21. The minimum Gasteiger partial charge on any atom is -0.462 e. The third-order valence-electron chi connectivity index (χ3n) is 5.22. The molecule has 0 N–H and O–H groups in total. The standard InChI is InChI=1S/C26H31F3O4/c1-2-3-4-5-6-7-8-14-19-32-24(30)21-17-12-13-18-22(21)25(31)33-23(26(27,28)29)20-15-10-9-11-16-20/h9-13,15-18,23H,2-8,14,19H2,1H3. The van der Waals surface area contributed by atoms with Crippen LogP contribution < -0.4 is 0 Å². The van der Waals surface area contributed by atoms with E-state index in [0.717, 1.165) is 19.3 Å². The van der Waals surface area contributed by atoms with Gasteiger partial charge in [-0.25, -0.2) is 9.59 Å². The zero-order chi connectivity index (χ0) is 24.1. The van der Waals surface area contributed by atoms with Gasteiger partial charge >= 0.3 is 18.1 Å². The Morgan fingerprint density at radius 2 is 1.27 bits per heavy atom. The maximum absolute atomic E-state index is 13.5. The number of carbonyl (C=O) groups excluding carboxylic acids is 2. The summed E-state index contributed by atoms with van der Waals surface area (Å²) in [6.45, 7) is 2.36. The van der Waals surface area contributed by atoms with Gasteiger partial charge in [-0.3, -0.25) is 0 Å². The van der Waals surface area contributed by atoms with Gasteiger partial charge in [0.15, 0.2) is 0 Å². The average Bonchev–Trinajstić information content (AvgIpc) is 2.81. The molecule has 0 aliphatic heterocycles. The van der Waals surface area contributed by atoms with Gasteiger partial charge in [-0.05, 0) is 18.6 Å². The zero-order valence-corrected chi connectivity index (χ0v) is 18.9. The fourth-order valence-corrected chi connectivity index (χ4v) is 3.44. The number of halogens is 3. The first-order valence-electron chi connectivity index (χ1n) is 11.4. The van der Waals surface area contributed by atoms with Crippen molar-refractivity contribution in [2.45, 2.75) is 70.6 Å². The minimum absolute atomic E-state index is 0.115. The van der Waals surface area contributed by atoms with Crippen molar-refractivity contribution in [1.82, 2.24) is 0 Å². The summed E-state index contributed by atoms with van der Waals surface area (Å²) in [6, 6.07) is 12.5. The third-order valence-corrected chi connectivity index (χ3v) is 5.22. The molecule has 0 radical (unpaired) electrons. The SMILES string of the molecule is CCCCCCCCCCOC(=O)c1ccccc1C(=O)OC(c1ccccc1)C(F)(F)F. The largest absolute Gasteiger partial charge is 0.462 e. The fraction of sp³-hybridized carbons (Fsp3) is 0.462. The highest BCUT2D eigenvalue weighted by molar-refractivity contribution is 6.03. The molecule has 0 bridgehead atoms. The number of unbranched alkanes of at least 4 members (excludes halogenated alkanes) is 7. The number of alkyl halides is 3. The molecule has 2 rings (SSSR count). The summed E-state index contributed by atoms with van der Waals surface area (Å²) in [5.41, 5.74) is -0.576. The molecular formula is C26H31F3O4. The first-order valence-corrected chi connectivity index (χ1v) is 11.4. The number of hydrogen-bond donors (Lipinski definition) is 0. The van der Waals surface area contributed by atoms with Crippen LogP contribution >= 0.6 is 0 Å². The van der Waals surface area contributed by atoms with Crippen LogP contribution in [0, 0.1) is 0 Å². The van der Waals surface area contributed by atoms with Crippen molar-refractivity contribution in [1.29, 1.82) is 0 Å². The van der Waals surface area contributed by atoms with E-state index in [2.05, 4.69) is 6.92 Å². The molecule has 180 valence electrons. The maximum Gasteiger partial charge on any atom is 0.429 e. The monoisotopic (exact) mass is 464 g/mol. The van der Waals surface area contributed by atoms with E-state index in [1.807, 2.05) is 0 Å². The molecule has 0 aliphatic carbocycles. The van der Waals surface area contributed by atoms with Gasteiger partial charge in [0.05, 0.1) is 17.7 Å². The van der Waals surface area contributed by atoms with Crippen molar-refractivity contribution < 1.29 is 32.2 Å². The van der Waals surface area contributed by atoms with Crippen molar-refractivity contribution >= 4 is 11.9 Å². The summed E-state index contributed by atoms with van der Waals surface area (Å²) in [5.74, 6) is -1.99. The molecule has 7 heteroatoms. The van der Waals surface area contributed by atoms with Crippen LogP contribution in [-0.4, -0.2) is 24.7 Å². The Kier molecular flexibility index (Phi) is 10.9. The summed E-state index contributed by atoms with van der Waals surface area (Å²) in [6.07, 6.45) is 1.46. The van der Waals surface area contributed by atoms with Gasteiger partial charge in [-0.15, -0.1) is 0 Å². The Bertz CT molecular complexity index is 865. The highest BCUT2D eigenvalue weighted by Crippen LogP contribution is 2.36. The molecule has 0 amide bonds. The molecule has 0 aliphatic rings. The first-order chi connectivity index (χ1) is 15.8. The van der Waals surface area contributed by atoms with Crippen LogP contribution in [0.2, 0.25) is 0 Å². The van der Waals surface area contributed by atoms with E-state index in [1.54, 1.807) is 6.07 Å². The van der Waals surface area contributed by atoms with Crippen LogP contribution in [0.1, 0.15) is 90.7 Å². The van der Waals surface area contributed by atoms with Crippen molar-refractivity contribution in [3.63, 3.8) is 0 Å². The Hall–Kier alpha value is -2.83. The topological polar surface area (TPSA) is 52.6 Å². The second kappa shape index (κ2) is 13.7. The van der Waals surface area contributed by atoms with Crippen molar-refractivity contribution in [3.05, 3.63) is 71.3 Å². The predicted octanol–water partition coefficient (Wildman–Crippen LogP) is 7.44. The molecule has 2 aromatic rings. The summed E-state index contributed by atoms with van der Waals surface area (Å²) in [4.78, 5) is 25.1.